The van der Waals surface area contributed by atoms with Crippen molar-refractivity contribution < 1.29 is 38.3 Å². The molecular weight excluding hydrogens is 909 g/mol. The smallest absolute Gasteiger partial charge is 0.257 e. The Kier molecular flexibility index (Phi) is 12.9. The number of ether oxygens (including phenoxy) is 1. The van der Waals surface area contributed by atoms with Gasteiger partial charge in [0.1, 0.15) is 5.75 Å². The van der Waals surface area contributed by atoms with E-state index in [0.717, 1.165) is 47.9 Å². The average molecular weight is 966 g/mol. The fraction of sp³-hybridized carbons (Fsp3) is 0.362. The number of amides is 6. The third-order valence-electron chi connectivity index (χ3n) is 15.7. The van der Waals surface area contributed by atoms with E-state index in [4.69, 9.17) is 4.74 Å². The normalized spacial score (nSPS) is 28.5. The van der Waals surface area contributed by atoms with Gasteiger partial charge in [-0.3, -0.25) is 33.6 Å². The zero-order valence-electron chi connectivity index (χ0n) is 39.7. The van der Waals surface area contributed by atoms with Gasteiger partial charge in [-0.1, -0.05) is 121 Å². The van der Waals surface area contributed by atoms with Gasteiger partial charge < -0.3 is 35.8 Å². The lowest BCUT2D eigenvalue weighted by molar-refractivity contribution is -0.133. The molecule has 6 aliphatic rings. The van der Waals surface area contributed by atoms with Gasteiger partial charge in [0, 0.05) is 79.6 Å². The number of nitrogens with zero attached hydrogens (tertiary/aromatic N) is 2. The van der Waals surface area contributed by atoms with Crippen molar-refractivity contribution in [2.45, 2.75) is 73.5 Å². The second-order valence-corrected chi connectivity index (χ2v) is 20.5. The Morgan fingerprint density at radius 1 is 0.444 bits per heavy atom. The van der Waals surface area contributed by atoms with Crippen LogP contribution in [0.1, 0.15) is 92.3 Å². The SMILES string of the molecule is O=[C]COc1cc(C(=O)N2C[C@@H](C(=O)N[C@H]3C[C@@H]3c3ccccc3)[C@H](C(=O)N[C@H]3C[C@@H]3c3ccccc3)C2)ccc1C(=O)N1C[C@@H](C(=O)N[C@H]2C[C@@H]2c2ccccc2)[C@H](C(=O)N[C@H]2C[C@@H]2c2ccccc2)C1. The van der Waals surface area contributed by atoms with Crippen LogP contribution in [0.3, 0.4) is 0 Å². The van der Waals surface area contributed by atoms with Crippen molar-refractivity contribution in [1.29, 1.82) is 0 Å². The monoisotopic (exact) mass is 965 g/mol. The van der Waals surface area contributed by atoms with Gasteiger partial charge in [0.05, 0.1) is 29.2 Å². The lowest BCUT2D eigenvalue weighted by atomic mass is 9.94. The summed E-state index contributed by atoms with van der Waals surface area (Å²) in [5, 5.41) is 12.7. The number of rotatable bonds is 17. The van der Waals surface area contributed by atoms with E-state index in [9.17, 15) is 33.6 Å². The first kappa shape index (κ1) is 46.8. The fourth-order valence-electron chi connectivity index (χ4n) is 11.3. The molecule has 2 aliphatic heterocycles. The van der Waals surface area contributed by atoms with Gasteiger partial charge in [-0.2, -0.15) is 0 Å². The highest BCUT2D eigenvalue weighted by Crippen LogP contribution is 2.45. The van der Waals surface area contributed by atoms with Gasteiger partial charge in [-0.25, -0.2) is 0 Å². The predicted molar refractivity (Wildman–Crippen MR) is 266 cm³/mol. The van der Waals surface area contributed by atoms with Crippen molar-refractivity contribution in [2.75, 3.05) is 32.8 Å². The molecule has 1 radical (unpaired) electrons. The van der Waals surface area contributed by atoms with Crippen molar-refractivity contribution in [2.24, 2.45) is 23.7 Å². The van der Waals surface area contributed by atoms with Crippen LogP contribution in [0.4, 0.5) is 0 Å². The molecule has 4 aliphatic carbocycles. The Balaban J connectivity index is 0.799. The molecule has 12 atom stereocenters. The zero-order chi connectivity index (χ0) is 49.5. The maximum atomic E-state index is 14.6. The van der Waals surface area contributed by atoms with Crippen molar-refractivity contribution in [1.82, 2.24) is 31.1 Å². The minimum absolute atomic E-state index is 0.0160. The number of hydrogen-bond acceptors (Lipinski definition) is 8. The van der Waals surface area contributed by atoms with Crippen molar-refractivity contribution in [3.8, 4) is 5.75 Å². The molecule has 5 aromatic rings. The Morgan fingerprint density at radius 2 is 0.764 bits per heavy atom. The molecule has 4 N–H and O–H groups in total. The summed E-state index contributed by atoms with van der Waals surface area (Å²) in [6.45, 7) is -0.653. The van der Waals surface area contributed by atoms with Crippen LogP contribution in [0.2, 0.25) is 0 Å². The third kappa shape index (κ3) is 9.99. The number of carbonyl (C=O) groups is 6. The average Bonchev–Trinajstić information content (AvgIpc) is 4.35. The molecule has 4 saturated carbocycles. The van der Waals surface area contributed by atoms with E-state index in [1.165, 1.54) is 28.0 Å². The van der Waals surface area contributed by atoms with Gasteiger partial charge in [-0.15, -0.1) is 0 Å². The van der Waals surface area contributed by atoms with Gasteiger partial charge >= 0.3 is 0 Å². The molecule has 5 aromatic carbocycles. The molecule has 367 valence electrons. The van der Waals surface area contributed by atoms with Gasteiger partial charge in [0.15, 0.2) is 6.61 Å². The maximum Gasteiger partial charge on any atom is 0.257 e. The standard InChI is InChI=1S/C58H57N6O8/c65-23-24-72-52-25-38(57(70)63-30-44(53(66)59-48-26-40(48)34-13-5-1-6-14-34)45(31-63)54(67)60-49-27-41(49)35-15-7-2-8-16-35)21-22-39(52)58(71)64-32-46(55(68)61-50-28-42(50)36-17-9-3-10-18-36)47(33-64)56(69)62-51-29-43(51)37-19-11-4-12-20-37/h1-22,25,40-51H,24,26-33H2,(H,59,66)(H,60,67)(H,61,68)(H,62,69)/t40-,41-,42-,43-,44-,45-,46-,47-,48+,49+,50+,51+/m1/s1. The Labute approximate surface area is 418 Å². The molecule has 0 spiro atoms. The molecule has 0 bridgehead atoms. The first-order valence-corrected chi connectivity index (χ1v) is 25.2. The van der Waals surface area contributed by atoms with Crippen LogP contribution >= 0.6 is 0 Å². The Morgan fingerprint density at radius 3 is 1.08 bits per heavy atom. The molecule has 14 heteroatoms. The summed E-state index contributed by atoms with van der Waals surface area (Å²) in [6, 6.07) is 43.8. The summed E-state index contributed by atoms with van der Waals surface area (Å²) in [5.74, 6) is -4.93. The van der Waals surface area contributed by atoms with Crippen LogP contribution in [-0.2, 0) is 24.0 Å². The molecular formula is C58H57N6O8. The molecule has 72 heavy (non-hydrogen) atoms. The third-order valence-corrected chi connectivity index (χ3v) is 15.7. The van der Waals surface area contributed by atoms with E-state index in [1.807, 2.05) is 121 Å². The molecule has 0 aromatic heterocycles. The molecule has 6 amide bonds. The highest BCUT2D eigenvalue weighted by Gasteiger charge is 2.51. The first-order valence-electron chi connectivity index (χ1n) is 25.2. The van der Waals surface area contributed by atoms with Crippen molar-refractivity contribution in [3.63, 3.8) is 0 Å². The lowest BCUT2D eigenvalue weighted by Crippen LogP contribution is -2.43. The summed E-state index contributed by atoms with van der Waals surface area (Å²) < 4.78 is 5.78. The van der Waals surface area contributed by atoms with Crippen LogP contribution in [-0.4, -0.2) is 108 Å². The van der Waals surface area contributed by atoms with Gasteiger partial charge in [0.2, 0.25) is 29.9 Å². The van der Waals surface area contributed by atoms with E-state index in [0.29, 0.717) is 0 Å². The van der Waals surface area contributed by atoms with E-state index < -0.39 is 42.1 Å². The number of nitrogens with one attached hydrogen (secondary N) is 4. The summed E-state index contributed by atoms with van der Waals surface area (Å²) >= 11 is 0. The maximum absolute atomic E-state index is 14.6. The van der Waals surface area contributed by atoms with Gasteiger partial charge in [-0.05, 0) is 66.1 Å². The highest BCUT2D eigenvalue weighted by atomic mass is 16.5. The molecule has 6 fully saturated rings. The molecule has 2 saturated heterocycles. The minimum atomic E-state index is -0.841. The number of carbonyl (C=O) groups excluding carboxylic acids is 7. The number of benzene rings is 5. The highest BCUT2D eigenvalue weighted by molar-refractivity contribution is 6.02. The summed E-state index contributed by atoms with van der Waals surface area (Å²) in [5.41, 5.74) is 4.66. The van der Waals surface area contributed by atoms with Crippen molar-refractivity contribution >= 4 is 41.7 Å². The molecule has 14 nitrogen and oxygen atoms in total. The quantitative estimate of drug-likeness (QED) is 0.0976. The second kappa shape index (κ2) is 19.9. The number of hydrogen-bond donors (Lipinski definition) is 4. The molecule has 11 rings (SSSR count). The van der Waals surface area contributed by atoms with Crippen LogP contribution < -0.4 is 26.0 Å². The van der Waals surface area contributed by atoms with E-state index in [2.05, 4.69) is 21.3 Å². The largest absolute Gasteiger partial charge is 0.484 e. The first-order chi connectivity index (χ1) is 35.1. The zero-order valence-corrected chi connectivity index (χ0v) is 39.7. The Hall–Kier alpha value is -7.61. The number of likely N-dealkylation sites (tertiary alicyclic amines) is 2. The van der Waals surface area contributed by atoms with E-state index in [1.54, 1.807) is 6.29 Å². The topological polar surface area (TPSA) is 183 Å². The van der Waals surface area contributed by atoms with Crippen molar-refractivity contribution in [3.05, 3.63) is 173 Å². The fourth-order valence-corrected chi connectivity index (χ4v) is 11.3. The van der Waals surface area contributed by atoms with Crippen LogP contribution in [0, 0.1) is 23.7 Å². The van der Waals surface area contributed by atoms with Crippen LogP contribution in [0.15, 0.2) is 140 Å². The van der Waals surface area contributed by atoms with Gasteiger partial charge in [0.25, 0.3) is 11.8 Å². The predicted octanol–water partition coefficient (Wildman–Crippen LogP) is 5.24. The summed E-state index contributed by atoms with van der Waals surface area (Å²) in [4.78, 5) is 100. The summed E-state index contributed by atoms with van der Waals surface area (Å²) in [7, 11) is 0. The van der Waals surface area contributed by atoms with E-state index in [-0.39, 0.29) is 115 Å². The molecule has 0 unspecified atom stereocenters. The summed E-state index contributed by atoms with van der Waals surface area (Å²) in [6.07, 6.45) is 4.79. The Bertz CT molecular complexity index is 2720. The minimum Gasteiger partial charge on any atom is -0.484 e. The van der Waals surface area contributed by atoms with Crippen LogP contribution in [0.25, 0.3) is 0 Å². The molecule has 2 heterocycles. The van der Waals surface area contributed by atoms with Crippen LogP contribution in [0.5, 0.6) is 5.75 Å². The van der Waals surface area contributed by atoms with E-state index >= 15 is 0 Å². The lowest BCUT2D eigenvalue weighted by Gasteiger charge is -2.20. The second-order valence-electron chi connectivity index (χ2n) is 20.5.